The number of carbonyl (C=O) groups excluding carboxylic acids is 1. The summed E-state index contributed by atoms with van der Waals surface area (Å²) in [6, 6.07) is 5.41. The Balaban J connectivity index is 2.27. The van der Waals surface area contributed by atoms with Gasteiger partial charge in [-0.2, -0.15) is 0 Å². The van der Waals surface area contributed by atoms with Crippen molar-refractivity contribution < 1.29 is 4.79 Å². The second-order valence-corrected chi connectivity index (χ2v) is 4.04. The van der Waals surface area contributed by atoms with E-state index >= 15 is 0 Å². The summed E-state index contributed by atoms with van der Waals surface area (Å²) in [6.45, 7) is 0. The summed E-state index contributed by atoms with van der Waals surface area (Å²) in [5.74, 6) is -0.144. The van der Waals surface area contributed by atoms with E-state index in [9.17, 15) is 4.79 Å². The molecular weight excluding hydrogens is 212 g/mol. The lowest BCUT2D eigenvalue weighted by atomic mass is 10.3. The van der Waals surface area contributed by atoms with E-state index in [1.807, 2.05) is 6.07 Å². The number of nitrogens with two attached hydrogens (primary N) is 2. The number of carbonyl (C=O) groups is 1. The number of primary amides is 1. The number of rotatable bonds is 3. The zero-order valence-corrected chi connectivity index (χ0v) is 8.67. The van der Waals surface area contributed by atoms with Crippen molar-refractivity contribution in [2.24, 2.45) is 5.73 Å². The van der Waals surface area contributed by atoms with Gasteiger partial charge in [-0.05, 0) is 18.2 Å². The molecule has 0 fully saturated rings. The number of hydrogen-bond acceptors (Lipinski definition) is 4. The first-order chi connectivity index (χ1) is 7.15. The highest BCUT2D eigenvalue weighted by Gasteiger charge is 2.04. The van der Waals surface area contributed by atoms with Gasteiger partial charge in [-0.15, -0.1) is 0 Å². The number of anilines is 1. The fraction of sp³-hybridized carbons (Fsp3) is 0.111. The molecule has 0 spiro atoms. The normalized spacial score (nSPS) is 10.7. The number of hydrogen-bond donors (Lipinski definition) is 3. The Hall–Kier alpha value is -1.69. The second kappa shape index (κ2) is 3.82. The van der Waals surface area contributed by atoms with Crippen LogP contribution in [0.15, 0.2) is 23.4 Å². The van der Waals surface area contributed by atoms with Crippen LogP contribution in [0.2, 0.25) is 0 Å². The molecule has 5 N–H and O–H groups in total. The van der Waals surface area contributed by atoms with Crippen LogP contribution in [-0.2, 0) is 4.79 Å². The molecule has 0 saturated heterocycles. The molecule has 1 heterocycles. The molecule has 15 heavy (non-hydrogen) atoms. The van der Waals surface area contributed by atoms with Crippen LogP contribution in [-0.4, -0.2) is 21.6 Å². The largest absolute Gasteiger partial charge is 0.399 e. The number of imidazole rings is 1. The molecule has 0 bridgehead atoms. The van der Waals surface area contributed by atoms with E-state index in [2.05, 4.69) is 9.97 Å². The molecule has 5 nitrogen and oxygen atoms in total. The SMILES string of the molecule is NC(=O)CSc1nc2ccc(N)cc2[nH]1. The first-order valence-corrected chi connectivity index (χ1v) is 5.30. The minimum atomic E-state index is -0.361. The van der Waals surface area contributed by atoms with Crippen molar-refractivity contribution in [1.82, 2.24) is 9.97 Å². The van der Waals surface area contributed by atoms with Crippen LogP contribution in [0.25, 0.3) is 11.0 Å². The molecule has 0 aliphatic heterocycles. The zero-order valence-electron chi connectivity index (χ0n) is 7.86. The highest BCUT2D eigenvalue weighted by molar-refractivity contribution is 7.99. The van der Waals surface area contributed by atoms with Crippen molar-refractivity contribution in [2.75, 3.05) is 11.5 Å². The predicted octanol–water partition coefficient (Wildman–Crippen LogP) is 0.722. The van der Waals surface area contributed by atoms with Crippen LogP contribution in [0, 0.1) is 0 Å². The van der Waals surface area contributed by atoms with Gasteiger partial charge in [0.25, 0.3) is 0 Å². The van der Waals surface area contributed by atoms with E-state index in [1.54, 1.807) is 12.1 Å². The molecule has 0 saturated carbocycles. The Labute approximate surface area is 90.2 Å². The molecule has 0 unspecified atom stereocenters. The van der Waals surface area contributed by atoms with E-state index < -0.39 is 0 Å². The number of nitrogen functional groups attached to an aromatic ring is 1. The van der Waals surface area contributed by atoms with E-state index in [0.29, 0.717) is 10.8 Å². The summed E-state index contributed by atoms with van der Waals surface area (Å²) < 4.78 is 0. The Morgan fingerprint density at radius 3 is 3.07 bits per heavy atom. The van der Waals surface area contributed by atoms with Gasteiger partial charge in [-0.25, -0.2) is 4.98 Å². The number of thioether (sulfide) groups is 1. The number of aromatic amines is 1. The van der Waals surface area contributed by atoms with E-state index in [-0.39, 0.29) is 11.7 Å². The summed E-state index contributed by atoms with van der Waals surface area (Å²) in [7, 11) is 0. The van der Waals surface area contributed by atoms with Crippen molar-refractivity contribution in [3.8, 4) is 0 Å². The average Bonchev–Trinajstić information content (AvgIpc) is 2.56. The Kier molecular flexibility index (Phi) is 2.51. The van der Waals surface area contributed by atoms with E-state index in [1.165, 1.54) is 11.8 Å². The van der Waals surface area contributed by atoms with Crippen LogP contribution in [0.4, 0.5) is 5.69 Å². The number of nitrogens with one attached hydrogen (secondary N) is 1. The first-order valence-electron chi connectivity index (χ1n) is 4.31. The smallest absolute Gasteiger partial charge is 0.227 e. The van der Waals surface area contributed by atoms with Gasteiger partial charge in [0.2, 0.25) is 5.91 Å². The van der Waals surface area contributed by atoms with Crippen molar-refractivity contribution in [2.45, 2.75) is 5.16 Å². The van der Waals surface area contributed by atoms with Crippen molar-refractivity contribution >= 4 is 34.4 Å². The quantitative estimate of drug-likeness (QED) is 0.526. The maximum Gasteiger partial charge on any atom is 0.227 e. The second-order valence-electron chi connectivity index (χ2n) is 3.07. The predicted molar refractivity (Wildman–Crippen MR) is 60.4 cm³/mol. The molecular formula is C9H10N4OS. The lowest BCUT2D eigenvalue weighted by molar-refractivity contribution is -0.115. The van der Waals surface area contributed by atoms with Crippen LogP contribution in [0.1, 0.15) is 0 Å². The van der Waals surface area contributed by atoms with Gasteiger partial charge in [0, 0.05) is 5.69 Å². The Morgan fingerprint density at radius 2 is 2.33 bits per heavy atom. The summed E-state index contributed by atoms with van der Waals surface area (Å²) in [6.07, 6.45) is 0. The topological polar surface area (TPSA) is 97.8 Å². The average molecular weight is 222 g/mol. The molecule has 0 radical (unpaired) electrons. The summed E-state index contributed by atoms with van der Waals surface area (Å²) >= 11 is 1.28. The molecule has 0 atom stereocenters. The van der Waals surface area contributed by atoms with Gasteiger partial charge in [-0.3, -0.25) is 4.79 Å². The molecule has 78 valence electrons. The molecule has 0 aliphatic carbocycles. The van der Waals surface area contributed by atoms with Crippen molar-refractivity contribution in [3.05, 3.63) is 18.2 Å². The molecule has 0 aliphatic rings. The van der Waals surface area contributed by atoms with Crippen molar-refractivity contribution in [3.63, 3.8) is 0 Å². The molecule has 6 heteroatoms. The van der Waals surface area contributed by atoms with Gasteiger partial charge in [0.15, 0.2) is 5.16 Å². The van der Waals surface area contributed by atoms with E-state index in [0.717, 1.165) is 11.0 Å². The third-order valence-corrected chi connectivity index (χ3v) is 2.73. The number of H-pyrrole nitrogens is 1. The van der Waals surface area contributed by atoms with E-state index in [4.69, 9.17) is 11.5 Å². The number of amides is 1. The fourth-order valence-electron chi connectivity index (χ4n) is 1.21. The highest BCUT2D eigenvalue weighted by atomic mass is 32.2. The Morgan fingerprint density at radius 1 is 1.53 bits per heavy atom. The van der Waals surface area contributed by atoms with Crippen molar-refractivity contribution in [1.29, 1.82) is 0 Å². The van der Waals surface area contributed by atoms with Gasteiger partial charge in [-0.1, -0.05) is 11.8 Å². The zero-order chi connectivity index (χ0) is 10.8. The van der Waals surface area contributed by atoms with Gasteiger partial charge in [0.1, 0.15) is 0 Å². The minimum absolute atomic E-state index is 0.218. The molecule has 2 rings (SSSR count). The van der Waals surface area contributed by atoms with Crippen LogP contribution < -0.4 is 11.5 Å². The fourth-order valence-corrected chi connectivity index (χ4v) is 1.84. The third kappa shape index (κ3) is 2.21. The summed E-state index contributed by atoms with van der Waals surface area (Å²) in [4.78, 5) is 17.9. The highest BCUT2D eigenvalue weighted by Crippen LogP contribution is 2.20. The first kappa shape index (κ1) is 9.85. The van der Waals surface area contributed by atoms with Gasteiger partial charge < -0.3 is 16.5 Å². The standard InChI is InChI=1S/C9H10N4OS/c10-5-1-2-6-7(3-5)13-9(12-6)15-4-8(11)14/h1-3H,4,10H2,(H2,11,14)(H,12,13). The Bertz CT molecular complexity index is 508. The van der Waals surface area contributed by atoms with Gasteiger partial charge >= 0.3 is 0 Å². The summed E-state index contributed by atoms with van der Waals surface area (Å²) in [5.41, 5.74) is 13.0. The maximum absolute atomic E-state index is 10.6. The summed E-state index contributed by atoms with van der Waals surface area (Å²) in [5, 5.41) is 0.675. The maximum atomic E-state index is 10.6. The number of nitrogens with zero attached hydrogens (tertiary/aromatic N) is 1. The lowest BCUT2D eigenvalue weighted by Crippen LogP contribution is -2.13. The monoisotopic (exact) mass is 222 g/mol. The molecule has 2 aromatic rings. The third-order valence-electron chi connectivity index (χ3n) is 1.84. The van der Waals surface area contributed by atoms with Crippen LogP contribution in [0.5, 0.6) is 0 Å². The van der Waals surface area contributed by atoms with Crippen LogP contribution in [0.3, 0.4) is 0 Å². The lowest BCUT2D eigenvalue weighted by Gasteiger charge is -1.91. The van der Waals surface area contributed by atoms with Gasteiger partial charge in [0.05, 0.1) is 16.8 Å². The molecule has 1 amide bonds. The number of benzene rings is 1. The van der Waals surface area contributed by atoms with Crippen LogP contribution >= 0.6 is 11.8 Å². The minimum Gasteiger partial charge on any atom is -0.399 e. The molecule has 1 aromatic carbocycles. The molecule has 1 aromatic heterocycles. The number of aromatic nitrogens is 2. The number of fused-ring (bicyclic) bond motifs is 1.